The molecule has 6 atom stereocenters. The maximum Gasteiger partial charge on any atom is 0.264 e. The monoisotopic (exact) mass is 463 g/mol. The maximum atomic E-state index is 12.8. The van der Waals surface area contributed by atoms with Gasteiger partial charge in [0.25, 0.3) is 16.0 Å². The lowest BCUT2D eigenvalue weighted by atomic mass is 9.95. The summed E-state index contributed by atoms with van der Waals surface area (Å²) in [5, 5.41) is 2.80. The van der Waals surface area contributed by atoms with Crippen molar-refractivity contribution < 1.29 is 36.3 Å². The Morgan fingerprint density at radius 1 is 1.03 bits per heavy atom. The van der Waals surface area contributed by atoms with Gasteiger partial charge in [-0.2, -0.15) is 8.42 Å². The van der Waals surface area contributed by atoms with Gasteiger partial charge in [0.05, 0.1) is 12.9 Å². The molecule has 0 spiro atoms. The third-order valence-electron chi connectivity index (χ3n) is 5.26. The van der Waals surface area contributed by atoms with Crippen LogP contribution in [0.3, 0.4) is 0 Å². The topological polar surface area (TPSA) is 109 Å². The zero-order valence-electron chi connectivity index (χ0n) is 17.6. The summed E-state index contributed by atoms with van der Waals surface area (Å²) in [7, 11) is -2.50. The number of nitrogens with one attached hydrogen (secondary N) is 1. The van der Waals surface area contributed by atoms with Crippen LogP contribution in [0, 0.1) is 0 Å². The second-order valence-electron chi connectivity index (χ2n) is 7.59. The Morgan fingerprint density at radius 2 is 1.69 bits per heavy atom. The summed E-state index contributed by atoms with van der Waals surface area (Å²) in [4.78, 5) is 12.8. The Balaban J connectivity index is 1.63. The van der Waals surface area contributed by atoms with E-state index in [1.165, 1.54) is 7.11 Å². The summed E-state index contributed by atoms with van der Waals surface area (Å²) < 4.78 is 52.9. The molecule has 0 unspecified atom stereocenters. The first kappa shape index (κ1) is 22.8. The third-order valence-corrected chi connectivity index (χ3v) is 5.83. The van der Waals surface area contributed by atoms with Crippen LogP contribution >= 0.6 is 0 Å². The molecule has 2 fully saturated rings. The number of rotatable bonds is 6. The van der Waals surface area contributed by atoms with Gasteiger partial charge in [0, 0.05) is 18.2 Å². The lowest BCUT2D eigenvalue weighted by Crippen LogP contribution is -2.67. The molecule has 0 saturated carbocycles. The molecule has 2 aliphatic rings. The SMILES string of the molecule is CO[C@H]1O[C@@H]2CO[C@H](c3ccccc3)O[C@H]2[C@H](OS(C)(=O)=O)[C@@H]1NC(=O)c1ccccc1. The Morgan fingerprint density at radius 3 is 2.31 bits per heavy atom. The number of amides is 1. The zero-order valence-corrected chi connectivity index (χ0v) is 18.4. The third kappa shape index (κ3) is 5.17. The van der Waals surface area contributed by atoms with Gasteiger partial charge in [-0.1, -0.05) is 48.5 Å². The van der Waals surface area contributed by atoms with Crippen molar-refractivity contribution >= 4 is 16.0 Å². The van der Waals surface area contributed by atoms with Crippen molar-refractivity contribution in [1.29, 1.82) is 0 Å². The summed E-state index contributed by atoms with van der Waals surface area (Å²) in [6.45, 7) is 0.132. The summed E-state index contributed by atoms with van der Waals surface area (Å²) in [6, 6.07) is 16.8. The van der Waals surface area contributed by atoms with Crippen LogP contribution in [0.4, 0.5) is 0 Å². The lowest BCUT2D eigenvalue weighted by Gasteiger charge is -2.48. The first-order valence-corrected chi connectivity index (χ1v) is 11.9. The minimum Gasteiger partial charge on any atom is -0.354 e. The van der Waals surface area contributed by atoms with E-state index in [-0.39, 0.29) is 6.61 Å². The van der Waals surface area contributed by atoms with E-state index in [1.54, 1.807) is 30.3 Å². The molecular formula is C22H25NO8S. The van der Waals surface area contributed by atoms with Crippen molar-refractivity contribution in [1.82, 2.24) is 5.32 Å². The highest BCUT2D eigenvalue weighted by Gasteiger charge is 2.52. The van der Waals surface area contributed by atoms with Crippen molar-refractivity contribution in [3.05, 3.63) is 71.8 Å². The Kier molecular flexibility index (Phi) is 6.89. The molecule has 0 radical (unpaired) electrons. The van der Waals surface area contributed by atoms with Crippen LogP contribution in [-0.2, 0) is 33.2 Å². The average Bonchev–Trinajstić information content (AvgIpc) is 2.80. The standard InChI is InChI=1S/C22H25NO8S/c1-27-22-17(23-20(24)14-9-5-3-6-10-14)19(31-32(2,25)26)18-16(29-22)13-28-21(30-18)15-11-7-4-8-12-15/h3-12,16-19,21-22H,13H2,1-2H3,(H,23,24)/t16-,17+,18-,19-,21+,22+/m1/s1. The van der Waals surface area contributed by atoms with E-state index in [2.05, 4.69) is 5.32 Å². The molecule has 32 heavy (non-hydrogen) atoms. The summed E-state index contributed by atoms with van der Waals surface area (Å²) in [6.07, 6.45) is -3.36. The van der Waals surface area contributed by atoms with Crippen LogP contribution in [0.25, 0.3) is 0 Å². The predicted octanol–water partition coefficient (Wildman–Crippen LogP) is 1.62. The molecule has 4 rings (SSSR count). The molecule has 9 nitrogen and oxygen atoms in total. The van der Waals surface area contributed by atoms with E-state index >= 15 is 0 Å². The van der Waals surface area contributed by atoms with Crippen LogP contribution in [0.1, 0.15) is 22.2 Å². The minimum absolute atomic E-state index is 0.132. The van der Waals surface area contributed by atoms with Crippen LogP contribution in [-0.4, -0.2) is 64.9 Å². The van der Waals surface area contributed by atoms with Crippen molar-refractivity contribution in [2.45, 2.75) is 36.9 Å². The quantitative estimate of drug-likeness (QED) is 0.644. The highest BCUT2D eigenvalue weighted by atomic mass is 32.2. The van der Waals surface area contributed by atoms with Gasteiger partial charge < -0.3 is 24.3 Å². The fourth-order valence-electron chi connectivity index (χ4n) is 3.85. The normalized spacial score (nSPS) is 30.3. The largest absolute Gasteiger partial charge is 0.354 e. The molecule has 2 heterocycles. The highest BCUT2D eigenvalue weighted by molar-refractivity contribution is 7.86. The van der Waals surface area contributed by atoms with Gasteiger partial charge in [-0.25, -0.2) is 0 Å². The van der Waals surface area contributed by atoms with Crippen molar-refractivity contribution in [2.75, 3.05) is 20.0 Å². The Bertz CT molecular complexity index is 1020. The maximum absolute atomic E-state index is 12.8. The Hall–Kier alpha value is -2.34. The van der Waals surface area contributed by atoms with Gasteiger partial charge in [-0.15, -0.1) is 0 Å². The fourth-order valence-corrected chi connectivity index (χ4v) is 4.48. The van der Waals surface area contributed by atoms with Gasteiger partial charge in [0.1, 0.15) is 24.4 Å². The van der Waals surface area contributed by atoms with Gasteiger partial charge in [0.2, 0.25) is 0 Å². The van der Waals surface area contributed by atoms with Crippen molar-refractivity contribution in [3.63, 3.8) is 0 Å². The number of benzene rings is 2. The molecule has 2 aromatic carbocycles. The molecular weight excluding hydrogens is 438 g/mol. The van der Waals surface area contributed by atoms with E-state index in [0.29, 0.717) is 5.56 Å². The van der Waals surface area contributed by atoms with Gasteiger partial charge in [-0.3, -0.25) is 8.98 Å². The number of hydrogen-bond donors (Lipinski definition) is 1. The molecule has 0 aliphatic carbocycles. The van der Waals surface area contributed by atoms with Crippen LogP contribution in [0.5, 0.6) is 0 Å². The zero-order chi connectivity index (χ0) is 22.7. The van der Waals surface area contributed by atoms with E-state index in [0.717, 1.165) is 11.8 Å². The van der Waals surface area contributed by atoms with Crippen molar-refractivity contribution in [2.24, 2.45) is 0 Å². The Labute approximate surface area is 186 Å². The molecule has 10 heteroatoms. The van der Waals surface area contributed by atoms with Crippen LogP contribution < -0.4 is 5.32 Å². The number of carbonyl (C=O) groups excluding carboxylic acids is 1. The fraction of sp³-hybridized carbons (Fsp3) is 0.409. The second-order valence-corrected chi connectivity index (χ2v) is 9.19. The van der Waals surface area contributed by atoms with Gasteiger partial charge >= 0.3 is 0 Å². The average molecular weight is 464 g/mol. The molecule has 172 valence electrons. The molecule has 2 aliphatic heterocycles. The number of carbonyl (C=O) groups is 1. The number of ether oxygens (including phenoxy) is 4. The molecule has 1 N–H and O–H groups in total. The van der Waals surface area contributed by atoms with Crippen LogP contribution in [0.2, 0.25) is 0 Å². The second kappa shape index (κ2) is 9.65. The summed E-state index contributed by atoms with van der Waals surface area (Å²) in [5.74, 6) is -0.423. The first-order chi connectivity index (χ1) is 15.4. The highest BCUT2D eigenvalue weighted by Crippen LogP contribution is 2.36. The molecule has 2 saturated heterocycles. The summed E-state index contributed by atoms with van der Waals surface area (Å²) in [5.41, 5.74) is 1.17. The predicted molar refractivity (Wildman–Crippen MR) is 113 cm³/mol. The van der Waals surface area contributed by atoms with E-state index in [9.17, 15) is 13.2 Å². The molecule has 1 amide bonds. The molecule has 0 bridgehead atoms. The van der Waals surface area contributed by atoms with Crippen molar-refractivity contribution in [3.8, 4) is 0 Å². The first-order valence-electron chi connectivity index (χ1n) is 10.1. The van der Waals surface area contributed by atoms with Crippen LogP contribution in [0.15, 0.2) is 60.7 Å². The smallest absolute Gasteiger partial charge is 0.264 e. The number of fused-ring (bicyclic) bond motifs is 1. The number of methoxy groups -OCH3 is 1. The van der Waals surface area contributed by atoms with Gasteiger partial charge in [0.15, 0.2) is 12.6 Å². The number of hydrogen-bond acceptors (Lipinski definition) is 8. The molecule has 2 aromatic rings. The minimum atomic E-state index is -3.90. The van der Waals surface area contributed by atoms with E-state index < -0.39 is 53.0 Å². The van der Waals surface area contributed by atoms with E-state index in [4.69, 9.17) is 23.1 Å². The molecule has 0 aromatic heterocycles. The van der Waals surface area contributed by atoms with E-state index in [1.807, 2.05) is 30.3 Å². The van der Waals surface area contributed by atoms with Gasteiger partial charge in [-0.05, 0) is 12.1 Å². The lowest BCUT2D eigenvalue weighted by molar-refractivity contribution is -0.337. The summed E-state index contributed by atoms with van der Waals surface area (Å²) >= 11 is 0.